The molecular weight excluding hydrogens is 304 g/mol. The van der Waals surface area contributed by atoms with E-state index in [1.165, 1.54) is 12.4 Å². The Hall–Kier alpha value is -3.09. The zero-order valence-corrected chi connectivity index (χ0v) is 11.7. The molecule has 23 heavy (non-hydrogen) atoms. The standard InChI is InChI=1S/C16H11F2N3O2/c17-14(18)9-6-10(8-19-7-9)15(22)21-13-3-1-2-12-11(13)4-5-20-16(12)23/h1-8,14H,(H,20,23)(H,21,22). The molecule has 0 saturated carbocycles. The molecule has 116 valence electrons. The van der Waals surface area contributed by atoms with Gasteiger partial charge in [0.2, 0.25) is 0 Å². The largest absolute Gasteiger partial charge is 0.329 e. The number of halogens is 2. The van der Waals surface area contributed by atoms with Gasteiger partial charge in [-0.25, -0.2) is 8.78 Å². The van der Waals surface area contributed by atoms with Crippen molar-refractivity contribution in [1.29, 1.82) is 0 Å². The molecule has 2 N–H and O–H groups in total. The van der Waals surface area contributed by atoms with Crippen LogP contribution in [0.3, 0.4) is 0 Å². The first-order chi connectivity index (χ1) is 11.1. The zero-order valence-electron chi connectivity index (χ0n) is 11.7. The van der Waals surface area contributed by atoms with Gasteiger partial charge in [-0.2, -0.15) is 0 Å². The number of pyridine rings is 2. The lowest BCUT2D eigenvalue weighted by molar-refractivity contribution is 0.102. The molecule has 0 unspecified atom stereocenters. The third-order valence-corrected chi connectivity index (χ3v) is 3.34. The summed E-state index contributed by atoms with van der Waals surface area (Å²) in [7, 11) is 0. The van der Waals surface area contributed by atoms with Crippen LogP contribution >= 0.6 is 0 Å². The van der Waals surface area contributed by atoms with Gasteiger partial charge in [0.05, 0.1) is 5.56 Å². The van der Waals surface area contributed by atoms with Crippen molar-refractivity contribution in [3.63, 3.8) is 0 Å². The highest BCUT2D eigenvalue weighted by atomic mass is 19.3. The van der Waals surface area contributed by atoms with Crippen molar-refractivity contribution >= 4 is 22.4 Å². The van der Waals surface area contributed by atoms with Crippen LogP contribution in [0, 0.1) is 0 Å². The smallest absolute Gasteiger partial charge is 0.265 e. The molecule has 3 rings (SSSR count). The molecule has 0 atom stereocenters. The van der Waals surface area contributed by atoms with Gasteiger partial charge >= 0.3 is 0 Å². The third kappa shape index (κ3) is 2.94. The first-order valence-corrected chi connectivity index (χ1v) is 6.71. The van der Waals surface area contributed by atoms with Crippen LogP contribution in [-0.2, 0) is 0 Å². The first-order valence-electron chi connectivity index (χ1n) is 6.71. The minimum atomic E-state index is -2.70. The van der Waals surface area contributed by atoms with E-state index in [1.807, 2.05) is 0 Å². The van der Waals surface area contributed by atoms with E-state index in [0.29, 0.717) is 16.5 Å². The third-order valence-electron chi connectivity index (χ3n) is 3.34. The molecule has 1 aromatic carbocycles. The van der Waals surface area contributed by atoms with E-state index in [4.69, 9.17) is 0 Å². The van der Waals surface area contributed by atoms with Crippen molar-refractivity contribution in [1.82, 2.24) is 9.97 Å². The molecule has 5 nitrogen and oxygen atoms in total. The van der Waals surface area contributed by atoms with Gasteiger partial charge in [0.1, 0.15) is 0 Å². The van der Waals surface area contributed by atoms with Crippen LogP contribution in [0.2, 0.25) is 0 Å². The van der Waals surface area contributed by atoms with Gasteiger partial charge in [0.15, 0.2) is 0 Å². The Morgan fingerprint density at radius 1 is 1.17 bits per heavy atom. The molecule has 3 aromatic rings. The van der Waals surface area contributed by atoms with Crippen molar-refractivity contribution in [3.05, 3.63) is 70.4 Å². The van der Waals surface area contributed by atoms with Gasteiger partial charge in [-0.3, -0.25) is 14.6 Å². The second kappa shape index (κ2) is 5.96. The topological polar surface area (TPSA) is 74.8 Å². The molecule has 0 aliphatic heterocycles. The number of amides is 1. The summed E-state index contributed by atoms with van der Waals surface area (Å²) in [6, 6.07) is 7.62. The van der Waals surface area contributed by atoms with Gasteiger partial charge in [-0.15, -0.1) is 0 Å². The van der Waals surface area contributed by atoms with Crippen LogP contribution < -0.4 is 10.9 Å². The number of fused-ring (bicyclic) bond motifs is 1. The van der Waals surface area contributed by atoms with Crippen LogP contribution in [0.5, 0.6) is 0 Å². The van der Waals surface area contributed by atoms with E-state index in [9.17, 15) is 18.4 Å². The number of rotatable bonds is 3. The van der Waals surface area contributed by atoms with Crippen LogP contribution in [0.4, 0.5) is 14.5 Å². The Labute approximate surface area is 129 Å². The quantitative estimate of drug-likeness (QED) is 0.780. The van der Waals surface area contributed by atoms with Gasteiger partial charge in [-0.1, -0.05) is 6.07 Å². The summed E-state index contributed by atoms with van der Waals surface area (Å²) in [4.78, 5) is 30.2. The molecule has 2 heterocycles. The van der Waals surface area contributed by atoms with E-state index >= 15 is 0 Å². The maximum atomic E-state index is 12.7. The predicted octanol–water partition coefficient (Wildman–Crippen LogP) is 3.11. The van der Waals surface area contributed by atoms with Crippen molar-refractivity contribution in [3.8, 4) is 0 Å². The number of alkyl halides is 2. The molecule has 0 saturated heterocycles. The van der Waals surface area contributed by atoms with E-state index in [0.717, 1.165) is 12.3 Å². The van der Waals surface area contributed by atoms with E-state index in [1.54, 1.807) is 24.3 Å². The number of carbonyl (C=O) groups is 1. The molecule has 0 fully saturated rings. The maximum absolute atomic E-state index is 12.7. The number of benzene rings is 1. The number of H-pyrrole nitrogens is 1. The number of nitrogens with zero attached hydrogens (tertiary/aromatic N) is 1. The fourth-order valence-electron chi connectivity index (χ4n) is 2.23. The minimum absolute atomic E-state index is 0.0182. The van der Waals surface area contributed by atoms with E-state index in [-0.39, 0.29) is 16.7 Å². The highest BCUT2D eigenvalue weighted by Gasteiger charge is 2.13. The Kier molecular flexibility index (Phi) is 3.84. The monoisotopic (exact) mass is 315 g/mol. The van der Waals surface area contributed by atoms with Crippen molar-refractivity contribution in [2.45, 2.75) is 6.43 Å². The molecule has 7 heteroatoms. The Morgan fingerprint density at radius 3 is 2.78 bits per heavy atom. The van der Waals surface area contributed by atoms with Crippen LogP contribution in [0.25, 0.3) is 10.8 Å². The number of anilines is 1. The Morgan fingerprint density at radius 2 is 2.00 bits per heavy atom. The highest BCUT2D eigenvalue weighted by molar-refractivity contribution is 6.08. The second-order valence-electron chi connectivity index (χ2n) is 4.84. The van der Waals surface area contributed by atoms with Gasteiger partial charge < -0.3 is 10.3 Å². The average molecular weight is 315 g/mol. The summed E-state index contributed by atoms with van der Waals surface area (Å²) in [5.41, 5.74) is -0.169. The fourth-order valence-corrected chi connectivity index (χ4v) is 2.23. The summed E-state index contributed by atoms with van der Waals surface area (Å²) < 4.78 is 25.4. The van der Waals surface area contributed by atoms with Crippen molar-refractivity contribution < 1.29 is 13.6 Å². The number of carbonyl (C=O) groups excluding carboxylic acids is 1. The number of nitrogens with one attached hydrogen (secondary N) is 2. The lowest BCUT2D eigenvalue weighted by Gasteiger charge is -2.09. The summed E-state index contributed by atoms with van der Waals surface area (Å²) in [6.07, 6.45) is 0.989. The number of hydrogen-bond acceptors (Lipinski definition) is 3. The highest BCUT2D eigenvalue weighted by Crippen LogP contribution is 2.22. The molecule has 0 bridgehead atoms. The second-order valence-corrected chi connectivity index (χ2v) is 4.84. The maximum Gasteiger partial charge on any atom is 0.265 e. The molecular formula is C16H11F2N3O2. The summed E-state index contributed by atoms with van der Waals surface area (Å²) in [6.45, 7) is 0. The molecule has 2 aromatic heterocycles. The predicted molar refractivity (Wildman–Crippen MR) is 81.7 cm³/mol. The lowest BCUT2D eigenvalue weighted by Crippen LogP contribution is -2.14. The normalized spacial score (nSPS) is 10.9. The zero-order chi connectivity index (χ0) is 16.4. The lowest BCUT2D eigenvalue weighted by atomic mass is 10.1. The molecule has 1 amide bonds. The molecule has 0 aliphatic carbocycles. The van der Waals surface area contributed by atoms with Gasteiger partial charge in [-0.05, 0) is 24.3 Å². The van der Waals surface area contributed by atoms with Crippen LogP contribution in [0.1, 0.15) is 22.3 Å². The number of hydrogen-bond donors (Lipinski definition) is 2. The molecule has 0 spiro atoms. The average Bonchev–Trinajstić information content (AvgIpc) is 2.56. The number of aromatic nitrogens is 2. The summed E-state index contributed by atoms with van der Waals surface area (Å²) in [5.74, 6) is -0.576. The van der Waals surface area contributed by atoms with Gasteiger partial charge in [0, 0.05) is 40.6 Å². The number of aromatic amines is 1. The van der Waals surface area contributed by atoms with E-state index < -0.39 is 12.3 Å². The molecule has 0 aliphatic rings. The summed E-state index contributed by atoms with van der Waals surface area (Å²) >= 11 is 0. The van der Waals surface area contributed by atoms with Crippen molar-refractivity contribution in [2.75, 3.05) is 5.32 Å². The Balaban J connectivity index is 1.96. The van der Waals surface area contributed by atoms with E-state index in [2.05, 4.69) is 15.3 Å². The first kappa shape index (κ1) is 14.8. The van der Waals surface area contributed by atoms with Crippen molar-refractivity contribution in [2.24, 2.45) is 0 Å². The minimum Gasteiger partial charge on any atom is -0.329 e. The Bertz CT molecular complexity index is 938. The SMILES string of the molecule is O=C(Nc1cccc2c(=O)[nH]ccc12)c1cncc(C(F)F)c1. The molecule has 0 radical (unpaired) electrons. The van der Waals surface area contributed by atoms with Crippen LogP contribution in [0.15, 0.2) is 53.7 Å². The summed E-state index contributed by atoms with van der Waals surface area (Å²) in [5, 5.41) is 3.60. The fraction of sp³-hybridized carbons (Fsp3) is 0.0625. The van der Waals surface area contributed by atoms with Gasteiger partial charge in [0.25, 0.3) is 17.9 Å². The van der Waals surface area contributed by atoms with Crippen LogP contribution in [-0.4, -0.2) is 15.9 Å².